The maximum absolute atomic E-state index is 15.8. The van der Waals surface area contributed by atoms with Gasteiger partial charge in [0.1, 0.15) is 0 Å². The van der Waals surface area contributed by atoms with E-state index in [4.69, 9.17) is 0 Å². The van der Waals surface area contributed by atoms with Crippen molar-refractivity contribution in [1.29, 1.82) is 0 Å². The van der Waals surface area contributed by atoms with E-state index in [2.05, 4.69) is 29.9 Å². The Balaban J connectivity index is 1.54. The highest BCUT2D eigenvalue weighted by Crippen LogP contribution is 2.42. The van der Waals surface area contributed by atoms with E-state index in [0.717, 1.165) is 12.1 Å². The highest BCUT2D eigenvalue weighted by Gasteiger charge is 2.32. The van der Waals surface area contributed by atoms with Crippen LogP contribution in [0.1, 0.15) is 22.8 Å². The summed E-state index contributed by atoms with van der Waals surface area (Å²) in [6.45, 7) is 0. The van der Waals surface area contributed by atoms with Crippen LogP contribution in [0.25, 0.3) is 90.9 Å². The van der Waals surface area contributed by atoms with Gasteiger partial charge in [0.2, 0.25) is 11.6 Å². The number of nitrogens with one attached hydrogen (secondary N) is 2. The van der Waals surface area contributed by atoms with Crippen LogP contribution in [0.2, 0.25) is 0 Å². The average Bonchev–Trinajstić information content (AvgIpc) is 4.09. The lowest BCUT2D eigenvalue weighted by Crippen LogP contribution is -2.05. The van der Waals surface area contributed by atoms with Crippen LogP contribution in [0.4, 0.5) is 43.9 Å². The van der Waals surface area contributed by atoms with Gasteiger partial charge < -0.3 is 9.97 Å². The summed E-state index contributed by atoms with van der Waals surface area (Å²) in [5.41, 5.74) is -2.71. The molecule has 0 amide bonds. The van der Waals surface area contributed by atoms with Gasteiger partial charge in [-0.2, -0.15) is 0 Å². The van der Waals surface area contributed by atoms with Crippen LogP contribution in [-0.4, -0.2) is 29.9 Å². The Kier molecular flexibility index (Phi) is 8.56. The van der Waals surface area contributed by atoms with Crippen molar-refractivity contribution in [3.8, 4) is 44.5 Å². The van der Waals surface area contributed by atoms with Gasteiger partial charge in [0, 0.05) is 69.1 Å². The van der Waals surface area contributed by atoms with Gasteiger partial charge in [-0.05, 0) is 84.0 Å². The standard InChI is InChI=1S/C42H18F10N6/c43-33-31(34(44)38(48)41(51)37(33)47)29-23-5-3-21(56-23)27(17-9-13-53-14-10-17)19-1-2-20(55-19)28(18-11-15-54-16-12-18)22-4-6-24(57-22)30(26-8-7-25(29)58-26)32-35(45)39(49)42(52)40(50)36(32)46/h1-16,55,58H. The number of rotatable bonds is 4. The number of pyridine rings is 2. The number of fused-ring (bicyclic) bond motifs is 8. The number of hydrogen-bond acceptors (Lipinski definition) is 4. The molecule has 0 unspecified atom stereocenters. The maximum Gasteiger partial charge on any atom is 0.200 e. The fraction of sp³-hybridized carbons (Fsp3) is 0. The normalized spacial score (nSPS) is 12.2. The number of aromatic nitrogens is 6. The lowest BCUT2D eigenvalue weighted by Gasteiger charge is -2.11. The minimum absolute atomic E-state index is 0.155. The second kappa shape index (κ2) is 13.7. The minimum Gasteiger partial charge on any atom is -0.354 e. The van der Waals surface area contributed by atoms with Crippen LogP contribution in [0, 0.1) is 58.2 Å². The van der Waals surface area contributed by atoms with Crippen LogP contribution in [0.15, 0.2) is 73.3 Å². The predicted octanol–water partition coefficient (Wildman–Crippen LogP) is 11.5. The van der Waals surface area contributed by atoms with Gasteiger partial charge >= 0.3 is 0 Å². The van der Waals surface area contributed by atoms with Crippen molar-refractivity contribution >= 4 is 46.4 Å². The molecular formula is C42H18F10N6. The highest BCUT2D eigenvalue weighted by molar-refractivity contribution is 6.00. The Hall–Kier alpha value is -7.36. The molecule has 2 aliphatic rings. The van der Waals surface area contributed by atoms with Gasteiger partial charge in [-0.3, -0.25) is 9.97 Å². The monoisotopic (exact) mass is 796 g/mol. The van der Waals surface area contributed by atoms with Gasteiger partial charge in [-0.15, -0.1) is 0 Å². The van der Waals surface area contributed by atoms with Gasteiger partial charge in [0.05, 0.1) is 33.9 Å². The molecule has 0 spiro atoms. The molecule has 2 N–H and O–H groups in total. The third-order valence-electron chi connectivity index (χ3n) is 9.61. The second-order valence-corrected chi connectivity index (χ2v) is 12.9. The molecule has 2 aromatic carbocycles. The third-order valence-corrected chi connectivity index (χ3v) is 9.61. The largest absolute Gasteiger partial charge is 0.354 e. The fourth-order valence-corrected chi connectivity index (χ4v) is 7.02. The van der Waals surface area contributed by atoms with Crippen LogP contribution >= 0.6 is 0 Å². The molecule has 7 heterocycles. The Bertz CT molecular complexity index is 2860. The summed E-state index contributed by atoms with van der Waals surface area (Å²) in [5, 5.41) is 0. The fourth-order valence-electron chi connectivity index (χ4n) is 7.02. The van der Waals surface area contributed by atoms with Gasteiger partial charge in [-0.25, -0.2) is 53.9 Å². The Morgan fingerprint density at radius 2 is 0.552 bits per heavy atom. The number of halogens is 10. The Labute approximate surface area is 318 Å². The number of benzene rings is 2. The molecule has 286 valence electrons. The molecular weight excluding hydrogens is 778 g/mol. The van der Waals surface area contributed by atoms with Crippen molar-refractivity contribution in [3.05, 3.63) is 154 Å². The maximum atomic E-state index is 15.8. The molecule has 0 saturated heterocycles. The van der Waals surface area contributed by atoms with E-state index in [1.165, 1.54) is 49.1 Å². The van der Waals surface area contributed by atoms with Crippen molar-refractivity contribution in [1.82, 2.24) is 29.9 Å². The molecule has 7 aromatic rings. The van der Waals surface area contributed by atoms with Crippen molar-refractivity contribution in [2.24, 2.45) is 0 Å². The van der Waals surface area contributed by atoms with E-state index in [-0.39, 0.29) is 22.8 Å². The first-order valence-electron chi connectivity index (χ1n) is 16.9. The molecule has 0 atom stereocenters. The molecule has 5 aromatic heterocycles. The van der Waals surface area contributed by atoms with E-state index < -0.39 is 91.5 Å². The first kappa shape index (κ1) is 36.3. The van der Waals surface area contributed by atoms with Crippen LogP contribution in [0.5, 0.6) is 0 Å². The highest BCUT2D eigenvalue weighted by atomic mass is 19.2. The smallest absolute Gasteiger partial charge is 0.200 e. The molecule has 0 aliphatic carbocycles. The number of nitrogens with zero attached hydrogens (tertiary/aromatic N) is 4. The quantitative estimate of drug-likeness (QED) is 0.106. The summed E-state index contributed by atoms with van der Waals surface area (Å²) < 4.78 is 151. The van der Waals surface area contributed by atoms with Crippen LogP contribution in [0.3, 0.4) is 0 Å². The summed E-state index contributed by atoms with van der Waals surface area (Å²) in [5.74, 6) is -22.9. The van der Waals surface area contributed by atoms with Crippen molar-refractivity contribution in [3.63, 3.8) is 0 Å². The number of hydrogen-bond donors (Lipinski definition) is 2. The SMILES string of the molecule is Fc1c(F)c(F)c(-c2c3nc(c(-c4ccncc4)c4ccc([nH]4)c(-c4ccncc4)c4nc(c(-c5c(F)c(F)c(F)c(F)c5F)c5ccc2[nH]5)C=C4)C=C3)c(F)c1F. The first-order chi connectivity index (χ1) is 27.9. The zero-order valence-corrected chi connectivity index (χ0v) is 28.8. The molecule has 2 aliphatic heterocycles. The molecule has 0 radical (unpaired) electrons. The molecule has 0 saturated carbocycles. The molecule has 8 bridgehead atoms. The molecule has 9 rings (SSSR count). The summed E-state index contributed by atoms with van der Waals surface area (Å²) in [7, 11) is 0. The van der Waals surface area contributed by atoms with E-state index in [0.29, 0.717) is 33.3 Å². The molecule has 16 heteroatoms. The lowest BCUT2D eigenvalue weighted by molar-refractivity contribution is 0.381. The summed E-state index contributed by atoms with van der Waals surface area (Å²) >= 11 is 0. The average molecular weight is 797 g/mol. The molecule has 6 nitrogen and oxygen atoms in total. The van der Waals surface area contributed by atoms with E-state index >= 15 is 17.6 Å². The Morgan fingerprint density at radius 3 is 0.862 bits per heavy atom. The van der Waals surface area contributed by atoms with E-state index in [9.17, 15) is 26.3 Å². The van der Waals surface area contributed by atoms with Gasteiger partial charge in [-0.1, -0.05) is 0 Å². The number of aromatic amines is 2. The van der Waals surface area contributed by atoms with Crippen molar-refractivity contribution in [2.75, 3.05) is 0 Å². The van der Waals surface area contributed by atoms with Crippen molar-refractivity contribution in [2.45, 2.75) is 0 Å². The summed E-state index contributed by atoms with van der Waals surface area (Å²) in [6, 6.07) is 12.1. The zero-order valence-electron chi connectivity index (χ0n) is 28.8. The van der Waals surface area contributed by atoms with E-state index in [1.54, 1.807) is 36.4 Å². The number of H-pyrrole nitrogens is 2. The Morgan fingerprint density at radius 1 is 0.293 bits per heavy atom. The van der Waals surface area contributed by atoms with E-state index in [1.807, 2.05) is 0 Å². The van der Waals surface area contributed by atoms with Crippen LogP contribution in [-0.2, 0) is 0 Å². The minimum atomic E-state index is -2.44. The van der Waals surface area contributed by atoms with Crippen molar-refractivity contribution < 1.29 is 43.9 Å². The third kappa shape index (κ3) is 5.58. The summed E-state index contributed by atoms with van der Waals surface area (Å²) in [4.78, 5) is 23.3. The van der Waals surface area contributed by atoms with Gasteiger partial charge in [0.15, 0.2) is 46.5 Å². The van der Waals surface area contributed by atoms with Crippen LogP contribution < -0.4 is 0 Å². The lowest BCUT2D eigenvalue weighted by atomic mass is 10.0. The molecule has 58 heavy (non-hydrogen) atoms. The first-order valence-corrected chi connectivity index (χ1v) is 16.9. The topological polar surface area (TPSA) is 83.1 Å². The second-order valence-electron chi connectivity index (χ2n) is 12.9. The molecule has 0 fully saturated rings. The van der Waals surface area contributed by atoms with Gasteiger partial charge in [0.25, 0.3) is 0 Å². The zero-order chi connectivity index (χ0) is 40.6. The summed E-state index contributed by atoms with van der Waals surface area (Å²) in [6.07, 6.45) is 11.4. The predicted molar refractivity (Wildman–Crippen MR) is 196 cm³/mol.